The Morgan fingerprint density at radius 1 is 1.32 bits per heavy atom. The van der Waals surface area contributed by atoms with Crippen LogP contribution in [0.3, 0.4) is 0 Å². The lowest BCUT2D eigenvalue weighted by atomic mass is 9.98. The van der Waals surface area contributed by atoms with Crippen LogP contribution < -0.4 is 9.47 Å². The standard InChI is InChI=1S/C17H25NO4/c1-21-15-7-5-13(10-16(15)22-2)6-8-17(20)18-9-3-4-14(11-18)12-19/h5,7,10,14,19H,3-4,6,8-9,11-12H2,1-2H3. The number of carbonyl (C=O) groups excluding carboxylic acids is 1. The smallest absolute Gasteiger partial charge is 0.222 e. The Morgan fingerprint density at radius 3 is 2.77 bits per heavy atom. The zero-order chi connectivity index (χ0) is 15.9. The number of carbonyl (C=O) groups is 1. The molecule has 1 heterocycles. The van der Waals surface area contributed by atoms with Gasteiger partial charge in [0.25, 0.3) is 0 Å². The molecule has 0 aromatic heterocycles. The summed E-state index contributed by atoms with van der Waals surface area (Å²) in [4.78, 5) is 14.2. The largest absolute Gasteiger partial charge is 0.493 e. The second-order valence-electron chi connectivity index (χ2n) is 5.72. The van der Waals surface area contributed by atoms with Crippen molar-refractivity contribution in [1.29, 1.82) is 0 Å². The summed E-state index contributed by atoms with van der Waals surface area (Å²) in [5.41, 5.74) is 1.06. The minimum Gasteiger partial charge on any atom is -0.493 e. The van der Waals surface area contributed by atoms with E-state index in [1.807, 2.05) is 23.1 Å². The second-order valence-corrected chi connectivity index (χ2v) is 5.72. The molecule has 0 radical (unpaired) electrons. The Balaban J connectivity index is 1.90. The summed E-state index contributed by atoms with van der Waals surface area (Å²) < 4.78 is 10.5. The van der Waals surface area contributed by atoms with Crippen molar-refractivity contribution < 1.29 is 19.4 Å². The number of aryl methyl sites for hydroxylation is 1. The van der Waals surface area contributed by atoms with Crippen LogP contribution in [-0.4, -0.2) is 49.8 Å². The highest BCUT2D eigenvalue weighted by Crippen LogP contribution is 2.28. The van der Waals surface area contributed by atoms with Crippen molar-refractivity contribution in [1.82, 2.24) is 4.90 Å². The molecule has 22 heavy (non-hydrogen) atoms. The molecule has 1 atom stereocenters. The summed E-state index contributed by atoms with van der Waals surface area (Å²) in [5.74, 6) is 1.77. The molecule has 0 saturated carbocycles. The van der Waals surface area contributed by atoms with Crippen molar-refractivity contribution in [3.05, 3.63) is 23.8 Å². The van der Waals surface area contributed by atoms with Crippen LogP contribution in [0.25, 0.3) is 0 Å². The zero-order valence-electron chi connectivity index (χ0n) is 13.4. The fraction of sp³-hybridized carbons (Fsp3) is 0.588. The zero-order valence-corrected chi connectivity index (χ0v) is 13.4. The van der Waals surface area contributed by atoms with E-state index in [0.717, 1.165) is 24.9 Å². The minimum atomic E-state index is 0.160. The molecule has 0 bridgehead atoms. The molecule has 1 unspecified atom stereocenters. The molecule has 1 N–H and O–H groups in total. The van der Waals surface area contributed by atoms with Gasteiger partial charge in [-0.3, -0.25) is 4.79 Å². The number of benzene rings is 1. The normalized spacial score (nSPS) is 18.1. The summed E-state index contributed by atoms with van der Waals surface area (Å²) in [6.07, 6.45) is 3.15. The average Bonchev–Trinajstić information content (AvgIpc) is 2.59. The lowest BCUT2D eigenvalue weighted by Crippen LogP contribution is -2.41. The molecular weight excluding hydrogens is 282 g/mol. The number of hydrogen-bond donors (Lipinski definition) is 1. The van der Waals surface area contributed by atoms with Gasteiger partial charge in [-0.1, -0.05) is 6.07 Å². The van der Waals surface area contributed by atoms with E-state index in [0.29, 0.717) is 30.9 Å². The highest BCUT2D eigenvalue weighted by atomic mass is 16.5. The van der Waals surface area contributed by atoms with Gasteiger partial charge in [0.2, 0.25) is 5.91 Å². The van der Waals surface area contributed by atoms with Crippen LogP contribution in [-0.2, 0) is 11.2 Å². The van der Waals surface area contributed by atoms with E-state index >= 15 is 0 Å². The summed E-state index contributed by atoms with van der Waals surface area (Å²) in [5, 5.41) is 9.24. The highest BCUT2D eigenvalue weighted by Gasteiger charge is 2.22. The number of aliphatic hydroxyl groups excluding tert-OH is 1. The van der Waals surface area contributed by atoms with Crippen molar-refractivity contribution in [3.63, 3.8) is 0 Å². The Hall–Kier alpha value is -1.75. The molecule has 1 amide bonds. The summed E-state index contributed by atoms with van der Waals surface area (Å²) in [7, 11) is 3.21. The van der Waals surface area contributed by atoms with Gasteiger partial charge in [0.15, 0.2) is 11.5 Å². The van der Waals surface area contributed by atoms with Crippen molar-refractivity contribution >= 4 is 5.91 Å². The summed E-state index contributed by atoms with van der Waals surface area (Å²) >= 11 is 0. The topological polar surface area (TPSA) is 59.0 Å². The predicted molar refractivity (Wildman–Crippen MR) is 84.3 cm³/mol. The van der Waals surface area contributed by atoms with Gasteiger partial charge in [-0.25, -0.2) is 0 Å². The Bertz CT molecular complexity index is 503. The SMILES string of the molecule is COc1ccc(CCC(=O)N2CCCC(CO)C2)cc1OC. The first-order valence-corrected chi connectivity index (χ1v) is 7.77. The maximum Gasteiger partial charge on any atom is 0.222 e. The molecule has 0 aliphatic carbocycles. The van der Waals surface area contributed by atoms with Gasteiger partial charge < -0.3 is 19.5 Å². The van der Waals surface area contributed by atoms with Crippen LogP contribution in [0.4, 0.5) is 0 Å². The van der Waals surface area contributed by atoms with E-state index in [2.05, 4.69) is 0 Å². The van der Waals surface area contributed by atoms with Crippen molar-refractivity contribution in [2.45, 2.75) is 25.7 Å². The van der Waals surface area contributed by atoms with Gasteiger partial charge in [-0.15, -0.1) is 0 Å². The molecule has 1 aliphatic rings. The maximum absolute atomic E-state index is 12.3. The van der Waals surface area contributed by atoms with Gasteiger partial charge in [0.05, 0.1) is 14.2 Å². The van der Waals surface area contributed by atoms with Crippen LogP contribution in [0.5, 0.6) is 11.5 Å². The van der Waals surface area contributed by atoms with Crippen molar-refractivity contribution in [3.8, 4) is 11.5 Å². The van der Waals surface area contributed by atoms with Crippen LogP contribution >= 0.6 is 0 Å². The number of likely N-dealkylation sites (tertiary alicyclic amines) is 1. The number of amides is 1. The number of nitrogens with zero attached hydrogens (tertiary/aromatic N) is 1. The fourth-order valence-corrected chi connectivity index (χ4v) is 2.89. The first-order chi connectivity index (χ1) is 10.7. The summed E-state index contributed by atoms with van der Waals surface area (Å²) in [6.45, 7) is 1.65. The number of rotatable bonds is 6. The van der Waals surface area contributed by atoms with E-state index in [1.54, 1.807) is 14.2 Å². The predicted octanol–water partition coefficient (Wildman–Crippen LogP) is 1.87. The van der Waals surface area contributed by atoms with Crippen molar-refractivity contribution in [2.24, 2.45) is 5.92 Å². The van der Waals surface area contributed by atoms with Crippen LogP contribution in [0, 0.1) is 5.92 Å². The molecule has 1 aromatic rings. The molecular formula is C17H25NO4. The van der Waals surface area contributed by atoms with Crippen LogP contribution in [0.15, 0.2) is 18.2 Å². The fourth-order valence-electron chi connectivity index (χ4n) is 2.89. The maximum atomic E-state index is 12.3. The third-order valence-corrected chi connectivity index (χ3v) is 4.21. The molecule has 1 aromatic carbocycles. The Morgan fingerprint density at radius 2 is 2.09 bits per heavy atom. The van der Waals surface area contributed by atoms with Gasteiger partial charge in [-0.2, -0.15) is 0 Å². The molecule has 5 heteroatoms. The Labute approximate surface area is 131 Å². The third kappa shape index (κ3) is 4.13. The van der Waals surface area contributed by atoms with E-state index in [1.165, 1.54) is 0 Å². The van der Waals surface area contributed by atoms with Gasteiger partial charge in [0, 0.05) is 26.1 Å². The second kappa shape index (κ2) is 8.03. The van der Waals surface area contributed by atoms with E-state index in [4.69, 9.17) is 9.47 Å². The number of hydrogen-bond acceptors (Lipinski definition) is 4. The van der Waals surface area contributed by atoms with Gasteiger partial charge >= 0.3 is 0 Å². The lowest BCUT2D eigenvalue weighted by Gasteiger charge is -2.32. The van der Waals surface area contributed by atoms with Crippen molar-refractivity contribution in [2.75, 3.05) is 33.9 Å². The molecule has 0 spiro atoms. The number of ether oxygens (including phenoxy) is 2. The number of piperidine rings is 1. The molecule has 2 rings (SSSR count). The first-order valence-electron chi connectivity index (χ1n) is 7.77. The first kappa shape index (κ1) is 16.6. The number of aliphatic hydroxyl groups is 1. The van der Waals surface area contributed by atoms with Gasteiger partial charge in [-0.05, 0) is 42.9 Å². The molecule has 122 valence electrons. The van der Waals surface area contributed by atoms with Crippen LogP contribution in [0.2, 0.25) is 0 Å². The average molecular weight is 307 g/mol. The monoisotopic (exact) mass is 307 g/mol. The minimum absolute atomic E-state index is 0.160. The summed E-state index contributed by atoms with van der Waals surface area (Å²) in [6, 6.07) is 5.74. The molecule has 1 aliphatic heterocycles. The molecule has 5 nitrogen and oxygen atoms in total. The Kier molecular flexibility index (Phi) is 6.07. The van der Waals surface area contributed by atoms with E-state index < -0.39 is 0 Å². The van der Waals surface area contributed by atoms with E-state index in [-0.39, 0.29) is 18.4 Å². The van der Waals surface area contributed by atoms with E-state index in [9.17, 15) is 9.90 Å². The van der Waals surface area contributed by atoms with Gasteiger partial charge in [0.1, 0.15) is 0 Å². The lowest BCUT2D eigenvalue weighted by molar-refractivity contribution is -0.133. The quantitative estimate of drug-likeness (QED) is 0.871. The molecule has 1 saturated heterocycles. The molecule has 1 fully saturated rings. The third-order valence-electron chi connectivity index (χ3n) is 4.21. The number of methoxy groups -OCH3 is 2. The van der Waals surface area contributed by atoms with Crippen LogP contribution in [0.1, 0.15) is 24.8 Å². The highest BCUT2D eigenvalue weighted by molar-refractivity contribution is 5.76.